The lowest BCUT2D eigenvalue weighted by molar-refractivity contribution is 0.240. The van der Waals surface area contributed by atoms with E-state index in [0.29, 0.717) is 10.2 Å². The number of halogens is 2. The summed E-state index contributed by atoms with van der Waals surface area (Å²) in [6, 6.07) is 3.10. The van der Waals surface area contributed by atoms with Crippen LogP contribution in [0.5, 0.6) is 0 Å². The van der Waals surface area contributed by atoms with Crippen molar-refractivity contribution < 1.29 is 9.50 Å². The van der Waals surface area contributed by atoms with E-state index in [1.54, 1.807) is 6.07 Å². The van der Waals surface area contributed by atoms with Gasteiger partial charge in [0.25, 0.3) is 0 Å². The first-order chi connectivity index (χ1) is 8.13. The molecule has 3 N–H and O–H groups in total. The van der Waals surface area contributed by atoms with Gasteiger partial charge in [0.1, 0.15) is 5.82 Å². The lowest BCUT2D eigenvalue weighted by Crippen LogP contribution is -2.42. The number of benzene rings is 1. The molecule has 1 aromatic rings. The van der Waals surface area contributed by atoms with Gasteiger partial charge in [-0.25, -0.2) is 4.39 Å². The highest BCUT2D eigenvalue weighted by Crippen LogP contribution is 2.33. The van der Waals surface area contributed by atoms with E-state index in [9.17, 15) is 9.50 Å². The van der Waals surface area contributed by atoms with Crippen LogP contribution >= 0.6 is 15.9 Å². The minimum atomic E-state index is -0.358. The standard InChI is InChI=1S/C12H16BrFN2O/c13-9-5-12(11(15)6-10(9)14)16-4-2-1-3-8(16)7-17/h5-6,8,17H,1-4,7,15H2. The van der Waals surface area contributed by atoms with E-state index in [4.69, 9.17) is 5.73 Å². The molecule has 0 aliphatic carbocycles. The summed E-state index contributed by atoms with van der Waals surface area (Å²) < 4.78 is 13.7. The molecule has 1 aliphatic heterocycles. The average Bonchev–Trinajstić information content (AvgIpc) is 2.34. The van der Waals surface area contributed by atoms with Crippen LogP contribution in [0.25, 0.3) is 0 Å². The molecule has 0 radical (unpaired) electrons. The molecule has 0 aromatic heterocycles. The van der Waals surface area contributed by atoms with Crippen molar-refractivity contribution >= 4 is 27.3 Å². The Morgan fingerprint density at radius 2 is 2.24 bits per heavy atom. The summed E-state index contributed by atoms with van der Waals surface area (Å²) in [6.07, 6.45) is 3.14. The normalized spacial score (nSPS) is 20.6. The zero-order chi connectivity index (χ0) is 12.4. The first-order valence-electron chi connectivity index (χ1n) is 5.75. The van der Waals surface area contributed by atoms with Crippen LogP contribution in [0.15, 0.2) is 16.6 Å². The molecule has 0 amide bonds. The highest BCUT2D eigenvalue weighted by Gasteiger charge is 2.24. The Hall–Kier alpha value is -0.810. The molecule has 1 aromatic carbocycles. The van der Waals surface area contributed by atoms with Crippen LogP contribution in [-0.2, 0) is 0 Å². The Morgan fingerprint density at radius 1 is 1.47 bits per heavy atom. The van der Waals surface area contributed by atoms with E-state index in [0.717, 1.165) is 31.5 Å². The lowest BCUT2D eigenvalue weighted by Gasteiger charge is -2.37. The fourth-order valence-electron chi connectivity index (χ4n) is 2.31. The van der Waals surface area contributed by atoms with Crippen LogP contribution in [0.2, 0.25) is 0 Å². The van der Waals surface area contributed by atoms with E-state index >= 15 is 0 Å². The summed E-state index contributed by atoms with van der Waals surface area (Å²) in [4.78, 5) is 2.07. The van der Waals surface area contributed by atoms with E-state index in [1.807, 2.05) is 0 Å². The van der Waals surface area contributed by atoms with Gasteiger partial charge in [-0.1, -0.05) is 0 Å². The predicted octanol–water partition coefficient (Wildman–Crippen LogP) is 2.52. The number of rotatable bonds is 2. The maximum absolute atomic E-state index is 13.3. The number of aliphatic hydroxyl groups is 1. The van der Waals surface area contributed by atoms with Crippen LogP contribution in [0.3, 0.4) is 0 Å². The Kier molecular flexibility index (Phi) is 3.89. The van der Waals surface area contributed by atoms with E-state index in [1.165, 1.54) is 6.07 Å². The first-order valence-corrected chi connectivity index (χ1v) is 6.55. The molecule has 0 bridgehead atoms. The highest BCUT2D eigenvalue weighted by molar-refractivity contribution is 9.10. The van der Waals surface area contributed by atoms with Gasteiger partial charge in [-0.15, -0.1) is 0 Å². The molecule has 17 heavy (non-hydrogen) atoms. The average molecular weight is 303 g/mol. The third-order valence-electron chi connectivity index (χ3n) is 3.22. The molecule has 1 fully saturated rings. The van der Waals surface area contributed by atoms with Crippen molar-refractivity contribution in [3.8, 4) is 0 Å². The third kappa shape index (κ3) is 2.55. The molecule has 1 atom stereocenters. The molecule has 2 rings (SSSR count). The topological polar surface area (TPSA) is 49.5 Å². The predicted molar refractivity (Wildman–Crippen MR) is 70.6 cm³/mol. The van der Waals surface area contributed by atoms with Gasteiger partial charge in [0, 0.05) is 12.6 Å². The molecule has 1 aliphatic rings. The van der Waals surface area contributed by atoms with Gasteiger partial charge in [0.15, 0.2) is 0 Å². The number of nitrogen functional groups attached to an aromatic ring is 1. The molecular weight excluding hydrogens is 287 g/mol. The second-order valence-electron chi connectivity index (χ2n) is 4.35. The SMILES string of the molecule is Nc1cc(F)c(Br)cc1N1CCCCC1CO. The zero-order valence-corrected chi connectivity index (χ0v) is 11.1. The van der Waals surface area contributed by atoms with Gasteiger partial charge in [0.2, 0.25) is 0 Å². The molecule has 1 unspecified atom stereocenters. The number of piperidine rings is 1. The minimum absolute atomic E-state index is 0.0865. The molecule has 1 heterocycles. The van der Waals surface area contributed by atoms with Gasteiger partial charge < -0.3 is 15.7 Å². The Bertz CT molecular complexity index is 414. The van der Waals surface area contributed by atoms with Crippen LogP contribution in [-0.4, -0.2) is 24.3 Å². The van der Waals surface area contributed by atoms with Crippen molar-refractivity contribution in [1.82, 2.24) is 0 Å². The second kappa shape index (κ2) is 5.23. The van der Waals surface area contributed by atoms with E-state index < -0.39 is 0 Å². The quantitative estimate of drug-likeness (QED) is 0.825. The molecule has 3 nitrogen and oxygen atoms in total. The van der Waals surface area contributed by atoms with E-state index in [2.05, 4.69) is 20.8 Å². The molecule has 0 saturated carbocycles. The molecular formula is C12H16BrFN2O. The van der Waals surface area contributed by atoms with Crippen LogP contribution in [0, 0.1) is 5.82 Å². The fraction of sp³-hybridized carbons (Fsp3) is 0.500. The smallest absolute Gasteiger partial charge is 0.139 e. The van der Waals surface area contributed by atoms with Gasteiger partial charge in [-0.2, -0.15) is 0 Å². The van der Waals surface area contributed by atoms with Crippen LogP contribution in [0.4, 0.5) is 15.8 Å². The zero-order valence-electron chi connectivity index (χ0n) is 9.50. The fourth-order valence-corrected chi connectivity index (χ4v) is 2.64. The summed E-state index contributed by atoms with van der Waals surface area (Å²) in [5, 5.41) is 9.37. The number of nitrogens with zero attached hydrogens (tertiary/aromatic N) is 1. The van der Waals surface area contributed by atoms with Gasteiger partial charge >= 0.3 is 0 Å². The first kappa shape index (κ1) is 12.6. The Morgan fingerprint density at radius 3 is 2.94 bits per heavy atom. The summed E-state index contributed by atoms with van der Waals surface area (Å²) in [5.74, 6) is -0.358. The number of nitrogens with two attached hydrogens (primary N) is 1. The molecule has 5 heteroatoms. The van der Waals surface area contributed by atoms with Gasteiger partial charge in [-0.3, -0.25) is 0 Å². The largest absolute Gasteiger partial charge is 0.397 e. The van der Waals surface area contributed by atoms with Crippen molar-refractivity contribution in [2.45, 2.75) is 25.3 Å². The van der Waals surface area contributed by atoms with Gasteiger partial charge in [0.05, 0.1) is 28.5 Å². The highest BCUT2D eigenvalue weighted by atomic mass is 79.9. The summed E-state index contributed by atoms with van der Waals surface area (Å²) in [7, 11) is 0. The van der Waals surface area contributed by atoms with Crippen molar-refractivity contribution in [3.05, 3.63) is 22.4 Å². The molecule has 1 saturated heterocycles. The van der Waals surface area contributed by atoms with Crippen LogP contribution in [0.1, 0.15) is 19.3 Å². The number of hydrogen-bond donors (Lipinski definition) is 2. The monoisotopic (exact) mass is 302 g/mol. The number of anilines is 2. The van der Waals surface area contributed by atoms with E-state index in [-0.39, 0.29) is 18.5 Å². The van der Waals surface area contributed by atoms with Crippen molar-refractivity contribution in [1.29, 1.82) is 0 Å². The number of hydrogen-bond acceptors (Lipinski definition) is 3. The second-order valence-corrected chi connectivity index (χ2v) is 5.21. The summed E-state index contributed by atoms with van der Waals surface area (Å²) >= 11 is 3.17. The molecule has 94 valence electrons. The maximum atomic E-state index is 13.3. The number of aliphatic hydroxyl groups excluding tert-OH is 1. The Balaban J connectivity index is 2.34. The summed E-state index contributed by atoms with van der Waals surface area (Å²) in [6.45, 7) is 0.960. The molecule has 0 spiro atoms. The van der Waals surface area contributed by atoms with Crippen molar-refractivity contribution in [2.24, 2.45) is 0 Å². The third-order valence-corrected chi connectivity index (χ3v) is 3.82. The van der Waals surface area contributed by atoms with Crippen molar-refractivity contribution in [3.63, 3.8) is 0 Å². The van der Waals surface area contributed by atoms with Gasteiger partial charge in [-0.05, 0) is 41.3 Å². The van der Waals surface area contributed by atoms with Crippen LogP contribution < -0.4 is 10.6 Å². The summed E-state index contributed by atoms with van der Waals surface area (Å²) in [5.41, 5.74) is 7.08. The lowest BCUT2D eigenvalue weighted by atomic mass is 10.0. The maximum Gasteiger partial charge on any atom is 0.139 e. The van der Waals surface area contributed by atoms with Crippen molar-refractivity contribution in [2.75, 3.05) is 23.8 Å². The Labute approximate surface area is 109 Å². The minimum Gasteiger partial charge on any atom is -0.397 e.